The van der Waals surface area contributed by atoms with Crippen LogP contribution in [0.15, 0.2) is 0 Å². The van der Waals surface area contributed by atoms with E-state index in [9.17, 15) is 9.59 Å². The van der Waals surface area contributed by atoms with Crippen LogP contribution in [0.25, 0.3) is 0 Å². The summed E-state index contributed by atoms with van der Waals surface area (Å²) in [4.78, 5) is 21.3. The highest BCUT2D eigenvalue weighted by Crippen LogP contribution is 1.81. The number of hydrogen-bond donors (Lipinski definition) is 2. The third kappa shape index (κ3) is 3.90. The van der Waals surface area contributed by atoms with Crippen LogP contribution in [-0.4, -0.2) is 36.9 Å². The highest BCUT2D eigenvalue weighted by Gasteiger charge is 2.07. The van der Waals surface area contributed by atoms with Crippen LogP contribution < -0.4 is 5.73 Å². The van der Waals surface area contributed by atoms with E-state index in [0.29, 0.717) is 0 Å². The van der Waals surface area contributed by atoms with Gasteiger partial charge in [-0.2, -0.15) is 0 Å². The van der Waals surface area contributed by atoms with Crippen molar-refractivity contribution in [3.8, 4) is 0 Å². The molecule has 62 valence electrons. The molecular formula is C5H9N3O3. The number of likely N-dealkylation sites (N-methyl/N-ethyl adjacent to an activating group) is 1. The van der Waals surface area contributed by atoms with E-state index >= 15 is 0 Å². The van der Waals surface area contributed by atoms with Gasteiger partial charge in [-0.15, -0.1) is 0 Å². The van der Waals surface area contributed by atoms with Gasteiger partial charge in [0.15, 0.2) is 5.96 Å². The lowest BCUT2D eigenvalue weighted by Gasteiger charge is -2.13. The maximum absolute atomic E-state index is 10.5. The number of nitrogens with two attached hydrogens (primary N) is 1. The molecule has 0 fully saturated rings. The number of carbonyl (C=O) groups excluding carboxylic acids is 2. The Morgan fingerprint density at radius 1 is 1.82 bits per heavy atom. The summed E-state index contributed by atoms with van der Waals surface area (Å²) in [5, 5.41) is 6.83. The molecule has 0 saturated carbocycles. The summed E-state index contributed by atoms with van der Waals surface area (Å²) >= 11 is 0. The van der Waals surface area contributed by atoms with Crippen LogP contribution in [0.3, 0.4) is 0 Å². The van der Waals surface area contributed by atoms with Crippen molar-refractivity contribution in [3.05, 3.63) is 0 Å². The van der Waals surface area contributed by atoms with Gasteiger partial charge in [0.25, 0.3) is 0 Å². The number of esters is 1. The van der Waals surface area contributed by atoms with Gasteiger partial charge >= 0.3 is 12.4 Å². The van der Waals surface area contributed by atoms with Crippen molar-refractivity contribution in [3.63, 3.8) is 0 Å². The molecule has 0 rings (SSSR count). The minimum atomic E-state index is -0.738. The Morgan fingerprint density at radius 3 is 2.73 bits per heavy atom. The van der Waals surface area contributed by atoms with E-state index in [-0.39, 0.29) is 19.0 Å². The van der Waals surface area contributed by atoms with E-state index in [0.717, 1.165) is 4.90 Å². The first kappa shape index (κ1) is 9.41. The molecule has 0 amide bonds. The minimum absolute atomic E-state index is 0.0380. The lowest BCUT2D eigenvalue weighted by atomic mass is 10.6. The van der Waals surface area contributed by atoms with Crippen LogP contribution in [0.4, 0.5) is 0 Å². The lowest BCUT2D eigenvalue weighted by Crippen LogP contribution is -2.37. The predicted molar refractivity (Wildman–Crippen MR) is 36.7 cm³/mol. The highest BCUT2D eigenvalue weighted by atomic mass is 16.6. The second-order valence-electron chi connectivity index (χ2n) is 1.83. The van der Waals surface area contributed by atoms with Crippen molar-refractivity contribution in [1.29, 1.82) is 5.41 Å². The van der Waals surface area contributed by atoms with Gasteiger partial charge in [-0.3, -0.25) is 10.2 Å². The third-order valence-electron chi connectivity index (χ3n) is 0.957. The summed E-state index contributed by atoms with van der Waals surface area (Å²) in [5.41, 5.74) is 4.99. The molecule has 0 aliphatic heterocycles. The fourth-order valence-electron chi connectivity index (χ4n) is 0.370. The van der Waals surface area contributed by atoms with E-state index < -0.39 is 5.97 Å². The van der Waals surface area contributed by atoms with E-state index in [4.69, 9.17) is 11.1 Å². The molecule has 0 aromatic carbocycles. The van der Waals surface area contributed by atoms with Crippen molar-refractivity contribution in [2.75, 3.05) is 13.6 Å². The Bertz CT molecular complexity index is 180. The highest BCUT2D eigenvalue weighted by molar-refractivity contribution is 5.83. The molecule has 0 aliphatic rings. The number of guanidine groups is 1. The summed E-state index contributed by atoms with van der Waals surface area (Å²) < 4.78 is 3.95. The molecule has 0 spiro atoms. The van der Waals surface area contributed by atoms with Crippen molar-refractivity contribution in [2.45, 2.75) is 0 Å². The summed E-state index contributed by atoms with van der Waals surface area (Å²) in [6.07, 6.45) is 0. The topological polar surface area (TPSA) is 96.5 Å². The molecule has 6 heteroatoms. The number of carbonyl (C=O) groups is 2. The molecule has 11 heavy (non-hydrogen) atoms. The minimum Gasteiger partial charge on any atom is -0.394 e. The normalized spacial score (nSPS) is 8.45. The molecule has 0 aliphatic carbocycles. The monoisotopic (exact) mass is 159 g/mol. The first-order valence-electron chi connectivity index (χ1n) is 2.76. The summed E-state index contributed by atoms with van der Waals surface area (Å²) in [5.74, 6) is -0.995. The Kier molecular flexibility index (Phi) is 3.65. The van der Waals surface area contributed by atoms with Crippen LogP contribution in [-0.2, 0) is 14.3 Å². The molecule has 0 atom stereocenters. The molecule has 3 N–H and O–H groups in total. The molecular weight excluding hydrogens is 150 g/mol. The molecule has 0 heterocycles. The van der Waals surface area contributed by atoms with Crippen LogP contribution in [0.1, 0.15) is 0 Å². The van der Waals surface area contributed by atoms with Crippen molar-refractivity contribution in [1.82, 2.24) is 4.90 Å². The average molecular weight is 159 g/mol. The van der Waals surface area contributed by atoms with E-state index in [1.807, 2.05) is 0 Å². The van der Waals surface area contributed by atoms with Crippen molar-refractivity contribution in [2.24, 2.45) is 5.73 Å². The van der Waals surface area contributed by atoms with Gasteiger partial charge in [-0.25, -0.2) is 4.79 Å². The summed E-state index contributed by atoms with van der Waals surface area (Å²) in [6, 6.07) is 0. The van der Waals surface area contributed by atoms with Crippen LogP contribution >= 0.6 is 0 Å². The van der Waals surface area contributed by atoms with Gasteiger partial charge in [-0.05, 0) is 0 Å². The maximum Gasteiger partial charge on any atom is 0.333 e. The zero-order valence-corrected chi connectivity index (χ0v) is 6.03. The van der Waals surface area contributed by atoms with E-state index in [1.165, 1.54) is 7.05 Å². The number of ether oxygens (including phenoxy) is 1. The standard InChI is InChI=1S/C5H9N3O3/c1-8(5(6)7)2-4(10)11-3-9/h3H,2H2,1H3,(H3,6,7). The fourth-order valence-corrected chi connectivity index (χ4v) is 0.370. The van der Waals surface area contributed by atoms with Crippen LogP contribution in [0.5, 0.6) is 0 Å². The van der Waals surface area contributed by atoms with Gasteiger partial charge in [0.05, 0.1) is 0 Å². The summed E-state index contributed by atoms with van der Waals surface area (Å²) in [7, 11) is 1.44. The Labute approximate surface area is 63.4 Å². The Morgan fingerprint density at radius 2 is 2.36 bits per heavy atom. The Balaban J connectivity index is 3.74. The predicted octanol–water partition coefficient (Wildman–Crippen LogP) is -1.49. The quantitative estimate of drug-likeness (QED) is 0.172. The first-order chi connectivity index (χ1) is 5.07. The van der Waals surface area contributed by atoms with Gasteiger partial charge < -0.3 is 15.4 Å². The van der Waals surface area contributed by atoms with Crippen molar-refractivity contribution >= 4 is 18.4 Å². The smallest absolute Gasteiger partial charge is 0.333 e. The molecule has 0 saturated heterocycles. The fraction of sp³-hybridized carbons (Fsp3) is 0.400. The van der Waals surface area contributed by atoms with Crippen LogP contribution in [0.2, 0.25) is 0 Å². The second-order valence-corrected chi connectivity index (χ2v) is 1.83. The second kappa shape index (κ2) is 4.26. The first-order valence-corrected chi connectivity index (χ1v) is 2.76. The Hall–Kier alpha value is -1.59. The molecule has 0 radical (unpaired) electrons. The molecule has 0 unspecified atom stereocenters. The number of rotatable bonds is 3. The van der Waals surface area contributed by atoms with E-state index in [1.54, 1.807) is 0 Å². The number of hydrogen-bond acceptors (Lipinski definition) is 4. The molecule has 0 aromatic heterocycles. The SMILES string of the molecule is CN(CC(=O)OC=O)C(=N)N. The van der Waals surface area contributed by atoms with Gasteiger partial charge in [0, 0.05) is 7.05 Å². The third-order valence-corrected chi connectivity index (χ3v) is 0.957. The molecule has 6 nitrogen and oxygen atoms in total. The molecule has 0 aromatic rings. The van der Waals surface area contributed by atoms with Gasteiger partial charge in [0.1, 0.15) is 6.54 Å². The zero-order chi connectivity index (χ0) is 8.85. The summed E-state index contributed by atoms with van der Waals surface area (Å²) in [6.45, 7) is -0.162. The number of nitrogens with zero attached hydrogens (tertiary/aromatic N) is 1. The van der Waals surface area contributed by atoms with E-state index in [2.05, 4.69) is 4.74 Å². The molecule has 0 bridgehead atoms. The largest absolute Gasteiger partial charge is 0.394 e. The number of nitrogens with one attached hydrogen (secondary N) is 1. The lowest BCUT2D eigenvalue weighted by molar-refractivity contribution is -0.151. The van der Waals surface area contributed by atoms with Gasteiger partial charge in [0.2, 0.25) is 0 Å². The maximum atomic E-state index is 10.5. The van der Waals surface area contributed by atoms with Gasteiger partial charge in [-0.1, -0.05) is 0 Å². The van der Waals surface area contributed by atoms with Crippen molar-refractivity contribution < 1.29 is 14.3 Å². The average Bonchev–Trinajstić information content (AvgIpc) is 1.87. The van der Waals surface area contributed by atoms with Crippen LogP contribution in [0, 0.1) is 5.41 Å². The zero-order valence-electron chi connectivity index (χ0n) is 6.03.